The maximum Gasteiger partial charge on any atom is 0.306 e. The Morgan fingerprint density at radius 1 is 0.842 bits per heavy atom. The molecule has 0 amide bonds. The van der Waals surface area contributed by atoms with Crippen molar-refractivity contribution in [3.63, 3.8) is 0 Å². The Morgan fingerprint density at radius 2 is 1.47 bits per heavy atom. The molecule has 0 spiro atoms. The summed E-state index contributed by atoms with van der Waals surface area (Å²) < 4.78 is 17.3. The van der Waals surface area contributed by atoms with Crippen molar-refractivity contribution >= 4 is 17.9 Å². The minimum Gasteiger partial charge on any atom is -0.463 e. The Hall–Kier alpha value is -1.59. The monoisotopic (exact) mass is 532 g/mol. The summed E-state index contributed by atoms with van der Waals surface area (Å²) in [5, 5.41) is 0. The Kier molecular flexibility index (Phi) is 8.33. The fourth-order valence-electron chi connectivity index (χ4n) is 9.83. The Balaban J connectivity index is 1.50. The number of ether oxygens (including phenoxy) is 3. The predicted octanol–water partition coefficient (Wildman–Crippen LogP) is 6.88. The Labute approximate surface area is 230 Å². The van der Waals surface area contributed by atoms with Gasteiger partial charge in [-0.25, -0.2) is 0 Å². The van der Waals surface area contributed by atoms with Crippen LogP contribution in [-0.2, 0) is 28.6 Å². The van der Waals surface area contributed by atoms with Gasteiger partial charge in [0.25, 0.3) is 0 Å². The summed E-state index contributed by atoms with van der Waals surface area (Å²) in [5.41, 5.74) is -0.0806. The highest BCUT2D eigenvalue weighted by Crippen LogP contribution is 2.68. The molecule has 4 aliphatic rings. The third-order valence-corrected chi connectivity index (χ3v) is 11.2. The van der Waals surface area contributed by atoms with Crippen LogP contribution in [0.4, 0.5) is 0 Å². The van der Waals surface area contributed by atoms with Gasteiger partial charge in [0.2, 0.25) is 0 Å². The van der Waals surface area contributed by atoms with Gasteiger partial charge in [0.15, 0.2) is 0 Å². The summed E-state index contributed by atoms with van der Waals surface area (Å²) in [6.45, 7) is 16.1. The van der Waals surface area contributed by atoms with E-state index < -0.39 is 5.60 Å². The summed E-state index contributed by atoms with van der Waals surface area (Å²) >= 11 is 0. The van der Waals surface area contributed by atoms with Gasteiger partial charge in [0.1, 0.15) is 17.8 Å². The minimum absolute atomic E-state index is 0.0734. The van der Waals surface area contributed by atoms with Gasteiger partial charge in [-0.2, -0.15) is 0 Å². The first kappa shape index (κ1) is 29.4. The molecule has 0 radical (unpaired) electrons. The van der Waals surface area contributed by atoms with Gasteiger partial charge in [-0.05, 0) is 119 Å². The number of rotatable bonds is 6. The van der Waals surface area contributed by atoms with Crippen molar-refractivity contribution in [3.8, 4) is 0 Å². The smallest absolute Gasteiger partial charge is 0.306 e. The van der Waals surface area contributed by atoms with E-state index in [1.165, 1.54) is 39.5 Å². The maximum absolute atomic E-state index is 12.4. The quantitative estimate of drug-likeness (QED) is 0.274. The largest absolute Gasteiger partial charge is 0.463 e. The summed E-state index contributed by atoms with van der Waals surface area (Å²) in [6, 6.07) is 0. The number of carbonyl (C=O) groups excluding carboxylic acids is 3. The molecule has 0 N–H and O–H groups in total. The van der Waals surface area contributed by atoms with E-state index in [1.54, 1.807) is 0 Å². The first-order valence-electron chi connectivity index (χ1n) is 15.2. The SMILES string of the molecule is CC(=O)OC1CCC2(C)C(C1)C(OC(C)=O)CC1C3CCC(C(C)CCC(=O)OC(C)(C)C)C3(C)CCC12. The molecule has 4 aliphatic carbocycles. The van der Waals surface area contributed by atoms with Crippen LogP contribution < -0.4 is 0 Å². The van der Waals surface area contributed by atoms with Crippen LogP contribution in [0.2, 0.25) is 0 Å². The molecular weight excluding hydrogens is 480 g/mol. The predicted molar refractivity (Wildman–Crippen MR) is 146 cm³/mol. The highest BCUT2D eigenvalue weighted by molar-refractivity contribution is 5.69. The van der Waals surface area contributed by atoms with Crippen LogP contribution in [0.1, 0.15) is 120 Å². The zero-order chi connectivity index (χ0) is 28.0. The molecule has 4 fully saturated rings. The second-order valence-corrected chi connectivity index (χ2v) is 14.7. The lowest BCUT2D eigenvalue weighted by Gasteiger charge is -2.62. The molecule has 216 valence electrons. The van der Waals surface area contributed by atoms with Crippen molar-refractivity contribution in [2.24, 2.45) is 46.3 Å². The second-order valence-electron chi connectivity index (χ2n) is 14.7. The fourth-order valence-corrected chi connectivity index (χ4v) is 9.83. The van der Waals surface area contributed by atoms with Gasteiger partial charge in [0.05, 0.1) is 0 Å². The van der Waals surface area contributed by atoms with E-state index in [0.717, 1.165) is 32.1 Å². The molecule has 10 atom stereocenters. The molecule has 0 aromatic heterocycles. The maximum atomic E-state index is 12.4. The zero-order valence-corrected chi connectivity index (χ0v) is 25.1. The molecule has 0 aliphatic heterocycles. The van der Waals surface area contributed by atoms with Crippen molar-refractivity contribution in [2.75, 3.05) is 0 Å². The Morgan fingerprint density at radius 3 is 2.11 bits per heavy atom. The highest BCUT2D eigenvalue weighted by Gasteiger charge is 2.63. The molecule has 0 aromatic rings. The number of esters is 3. The molecule has 4 saturated carbocycles. The molecule has 0 saturated heterocycles. The molecule has 38 heavy (non-hydrogen) atoms. The molecular formula is C32H52O6. The van der Waals surface area contributed by atoms with Crippen molar-refractivity contribution in [1.82, 2.24) is 0 Å². The second kappa shape index (κ2) is 10.8. The van der Waals surface area contributed by atoms with Crippen LogP contribution in [0.25, 0.3) is 0 Å². The summed E-state index contributed by atoms with van der Waals surface area (Å²) in [7, 11) is 0. The topological polar surface area (TPSA) is 78.9 Å². The summed E-state index contributed by atoms with van der Waals surface area (Å²) in [6.07, 6.45) is 9.71. The van der Waals surface area contributed by atoms with E-state index in [2.05, 4.69) is 20.8 Å². The molecule has 6 heteroatoms. The van der Waals surface area contributed by atoms with Crippen molar-refractivity contribution in [3.05, 3.63) is 0 Å². The van der Waals surface area contributed by atoms with Crippen LogP contribution in [0.15, 0.2) is 0 Å². The third-order valence-electron chi connectivity index (χ3n) is 11.2. The van der Waals surface area contributed by atoms with Gasteiger partial charge < -0.3 is 14.2 Å². The number of carbonyl (C=O) groups is 3. The Bertz CT molecular complexity index is 906. The van der Waals surface area contributed by atoms with Crippen LogP contribution >= 0.6 is 0 Å². The van der Waals surface area contributed by atoms with E-state index >= 15 is 0 Å². The normalized spacial score (nSPS) is 41.2. The third kappa shape index (κ3) is 5.80. The molecule has 6 nitrogen and oxygen atoms in total. The molecule has 0 heterocycles. The molecule has 4 rings (SSSR count). The lowest BCUT2D eigenvalue weighted by atomic mass is 9.43. The average Bonchev–Trinajstić information content (AvgIpc) is 3.14. The average molecular weight is 533 g/mol. The van der Waals surface area contributed by atoms with E-state index in [4.69, 9.17) is 14.2 Å². The van der Waals surface area contributed by atoms with Crippen molar-refractivity contribution in [1.29, 1.82) is 0 Å². The number of hydrogen-bond acceptors (Lipinski definition) is 6. The van der Waals surface area contributed by atoms with Gasteiger partial charge >= 0.3 is 17.9 Å². The van der Waals surface area contributed by atoms with Crippen LogP contribution in [0.3, 0.4) is 0 Å². The van der Waals surface area contributed by atoms with E-state index in [1.807, 2.05) is 20.8 Å². The van der Waals surface area contributed by atoms with Crippen LogP contribution in [0, 0.1) is 46.3 Å². The van der Waals surface area contributed by atoms with Gasteiger partial charge in [0, 0.05) is 26.2 Å². The fraction of sp³-hybridized carbons (Fsp3) is 0.906. The number of hydrogen-bond donors (Lipinski definition) is 0. The lowest BCUT2D eigenvalue weighted by Crippen LogP contribution is -2.59. The van der Waals surface area contributed by atoms with E-state index in [0.29, 0.717) is 36.0 Å². The van der Waals surface area contributed by atoms with Crippen molar-refractivity contribution in [2.45, 2.75) is 137 Å². The molecule has 0 aromatic carbocycles. The van der Waals surface area contributed by atoms with Gasteiger partial charge in [-0.1, -0.05) is 20.8 Å². The molecule has 0 bridgehead atoms. The standard InChI is InChI=1S/C32H52O6/c1-19(9-12-29(35)38-30(4,5)6)24-10-11-25-23-18-28(37-21(3)34)27-17-22(36-20(2)33)13-15-32(27,8)26(23)14-16-31(24,25)7/h19,22-28H,9-18H2,1-8H3. The van der Waals surface area contributed by atoms with Gasteiger partial charge in [-0.3, -0.25) is 14.4 Å². The first-order valence-corrected chi connectivity index (χ1v) is 15.2. The van der Waals surface area contributed by atoms with Crippen molar-refractivity contribution < 1.29 is 28.6 Å². The summed E-state index contributed by atoms with van der Waals surface area (Å²) in [5.74, 6) is 2.59. The van der Waals surface area contributed by atoms with Gasteiger partial charge in [-0.15, -0.1) is 0 Å². The van der Waals surface area contributed by atoms with Crippen LogP contribution in [0.5, 0.6) is 0 Å². The van der Waals surface area contributed by atoms with Crippen LogP contribution in [-0.4, -0.2) is 35.7 Å². The van der Waals surface area contributed by atoms with E-state index in [-0.39, 0.29) is 46.9 Å². The van der Waals surface area contributed by atoms with E-state index in [9.17, 15) is 14.4 Å². The lowest BCUT2D eigenvalue weighted by molar-refractivity contribution is -0.197. The number of fused-ring (bicyclic) bond motifs is 5. The zero-order valence-electron chi connectivity index (χ0n) is 25.1. The highest BCUT2D eigenvalue weighted by atomic mass is 16.6. The minimum atomic E-state index is -0.437. The molecule has 10 unspecified atom stereocenters. The summed E-state index contributed by atoms with van der Waals surface area (Å²) in [4.78, 5) is 36.3. The first-order chi connectivity index (χ1) is 17.6.